The summed E-state index contributed by atoms with van der Waals surface area (Å²) >= 11 is 0. The van der Waals surface area contributed by atoms with E-state index in [1.807, 2.05) is 6.07 Å². The van der Waals surface area contributed by atoms with Crippen molar-refractivity contribution in [1.29, 1.82) is 5.26 Å². The molecule has 0 aliphatic rings. The Morgan fingerprint density at radius 3 is 2.81 bits per heavy atom. The van der Waals surface area contributed by atoms with Gasteiger partial charge in [0.2, 0.25) is 0 Å². The quantitative estimate of drug-likeness (QED) is 0.866. The van der Waals surface area contributed by atoms with Crippen LogP contribution in [0.1, 0.15) is 18.9 Å². The number of halogens is 3. The van der Waals surface area contributed by atoms with Crippen LogP contribution in [0.3, 0.4) is 0 Å². The first-order valence-corrected chi connectivity index (χ1v) is 4.60. The molecule has 1 atom stereocenters. The van der Waals surface area contributed by atoms with Crippen molar-refractivity contribution in [2.45, 2.75) is 25.6 Å². The third kappa shape index (κ3) is 3.77. The zero-order valence-electron chi connectivity index (χ0n) is 8.54. The molecule has 0 aliphatic heterocycles. The molecule has 0 fully saturated rings. The Labute approximate surface area is 90.9 Å². The second-order valence-electron chi connectivity index (χ2n) is 3.40. The summed E-state index contributed by atoms with van der Waals surface area (Å²) in [7, 11) is 0. The Morgan fingerprint density at radius 2 is 2.25 bits per heavy atom. The van der Waals surface area contributed by atoms with Gasteiger partial charge in [-0.2, -0.15) is 18.4 Å². The number of pyridine rings is 1. The van der Waals surface area contributed by atoms with Crippen LogP contribution in [0.5, 0.6) is 0 Å². The largest absolute Gasteiger partial charge is 0.391 e. The first-order chi connectivity index (χ1) is 7.42. The second kappa shape index (κ2) is 4.84. The van der Waals surface area contributed by atoms with E-state index in [4.69, 9.17) is 5.26 Å². The van der Waals surface area contributed by atoms with Crippen molar-refractivity contribution in [1.82, 2.24) is 4.98 Å². The third-order valence-corrected chi connectivity index (χ3v) is 1.88. The minimum absolute atomic E-state index is 0.282. The maximum absolute atomic E-state index is 12.1. The summed E-state index contributed by atoms with van der Waals surface area (Å²) in [6.45, 7) is 1.40. The maximum Gasteiger partial charge on any atom is 0.391 e. The van der Waals surface area contributed by atoms with Crippen LogP contribution in [0.4, 0.5) is 18.9 Å². The van der Waals surface area contributed by atoms with Crippen LogP contribution in [0.2, 0.25) is 0 Å². The van der Waals surface area contributed by atoms with Gasteiger partial charge in [0.15, 0.2) is 0 Å². The molecule has 1 rings (SSSR count). The monoisotopic (exact) mass is 229 g/mol. The van der Waals surface area contributed by atoms with Crippen molar-refractivity contribution in [3.8, 4) is 6.07 Å². The predicted molar refractivity (Wildman–Crippen MR) is 52.7 cm³/mol. The van der Waals surface area contributed by atoms with E-state index < -0.39 is 18.6 Å². The molecule has 1 N–H and O–H groups in total. The van der Waals surface area contributed by atoms with E-state index in [1.54, 1.807) is 0 Å². The van der Waals surface area contributed by atoms with E-state index in [9.17, 15) is 13.2 Å². The molecule has 1 aromatic rings. The molecule has 1 aromatic heterocycles. The molecule has 6 heteroatoms. The van der Waals surface area contributed by atoms with E-state index in [-0.39, 0.29) is 5.56 Å². The minimum atomic E-state index is -4.22. The number of nitrogens with one attached hydrogen (secondary N) is 1. The lowest BCUT2D eigenvalue weighted by Crippen LogP contribution is -2.24. The summed E-state index contributed by atoms with van der Waals surface area (Å²) in [5, 5.41) is 11.3. The molecule has 0 aliphatic carbocycles. The highest BCUT2D eigenvalue weighted by molar-refractivity contribution is 5.55. The van der Waals surface area contributed by atoms with Crippen LogP contribution in [-0.4, -0.2) is 17.2 Å². The average molecular weight is 229 g/mol. The van der Waals surface area contributed by atoms with Crippen molar-refractivity contribution in [3.63, 3.8) is 0 Å². The smallest absolute Gasteiger partial charge is 0.380 e. The van der Waals surface area contributed by atoms with Gasteiger partial charge in [0, 0.05) is 12.2 Å². The average Bonchev–Trinajstić information content (AvgIpc) is 2.15. The Morgan fingerprint density at radius 1 is 1.56 bits per heavy atom. The SMILES string of the molecule is CC(CC(F)(F)F)Nc1cnccc1C#N. The van der Waals surface area contributed by atoms with Crippen molar-refractivity contribution < 1.29 is 13.2 Å². The zero-order valence-corrected chi connectivity index (χ0v) is 8.54. The lowest BCUT2D eigenvalue weighted by Gasteiger charge is -2.17. The molecular weight excluding hydrogens is 219 g/mol. The van der Waals surface area contributed by atoms with Crippen molar-refractivity contribution in [3.05, 3.63) is 24.0 Å². The van der Waals surface area contributed by atoms with Gasteiger partial charge in [-0.15, -0.1) is 0 Å². The number of rotatable bonds is 3. The lowest BCUT2D eigenvalue weighted by molar-refractivity contribution is -0.136. The summed E-state index contributed by atoms with van der Waals surface area (Å²) in [6.07, 6.45) is -2.42. The number of aromatic nitrogens is 1. The first kappa shape index (κ1) is 12.3. The van der Waals surface area contributed by atoms with Crippen molar-refractivity contribution in [2.75, 3.05) is 5.32 Å². The number of alkyl halides is 3. The second-order valence-corrected chi connectivity index (χ2v) is 3.40. The Bertz CT molecular complexity index is 395. The van der Waals surface area contributed by atoms with E-state index in [0.717, 1.165) is 0 Å². The highest BCUT2D eigenvalue weighted by atomic mass is 19.4. The third-order valence-electron chi connectivity index (χ3n) is 1.88. The molecule has 0 saturated carbocycles. The van der Waals surface area contributed by atoms with Crippen LogP contribution in [0.25, 0.3) is 0 Å². The van der Waals surface area contributed by atoms with Gasteiger partial charge in [-0.1, -0.05) is 0 Å². The predicted octanol–water partition coefficient (Wildman–Crippen LogP) is 2.71. The number of hydrogen-bond acceptors (Lipinski definition) is 3. The molecule has 0 amide bonds. The fourth-order valence-corrected chi connectivity index (χ4v) is 1.27. The first-order valence-electron chi connectivity index (χ1n) is 4.60. The van der Waals surface area contributed by atoms with Crippen LogP contribution >= 0.6 is 0 Å². The van der Waals surface area contributed by atoms with E-state index in [2.05, 4.69) is 10.3 Å². The van der Waals surface area contributed by atoms with E-state index >= 15 is 0 Å². The Hall–Kier alpha value is -1.77. The number of nitriles is 1. The molecule has 3 nitrogen and oxygen atoms in total. The minimum Gasteiger partial charge on any atom is -0.380 e. The lowest BCUT2D eigenvalue weighted by atomic mass is 10.2. The van der Waals surface area contributed by atoms with E-state index in [1.165, 1.54) is 25.4 Å². The normalized spacial score (nSPS) is 12.9. The summed E-state index contributed by atoms with van der Waals surface area (Å²) in [5.74, 6) is 0. The van der Waals surface area contributed by atoms with Crippen LogP contribution in [0, 0.1) is 11.3 Å². The standard InChI is InChI=1S/C10H10F3N3/c1-7(4-10(11,12)13)16-9-6-15-3-2-8(9)5-14/h2-3,6-7,16H,4H2,1H3. The van der Waals surface area contributed by atoms with Crippen LogP contribution in [0.15, 0.2) is 18.5 Å². The topological polar surface area (TPSA) is 48.7 Å². The molecule has 0 aromatic carbocycles. The molecule has 0 spiro atoms. The van der Waals surface area contributed by atoms with Gasteiger partial charge in [-0.05, 0) is 13.0 Å². The molecule has 16 heavy (non-hydrogen) atoms. The van der Waals surface area contributed by atoms with E-state index in [0.29, 0.717) is 5.69 Å². The van der Waals surface area contributed by atoms with Crippen LogP contribution in [-0.2, 0) is 0 Å². The molecule has 1 unspecified atom stereocenters. The van der Waals surface area contributed by atoms with Crippen molar-refractivity contribution >= 4 is 5.69 Å². The van der Waals surface area contributed by atoms with Gasteiger partial charge < -0.3 is 5.32 Å². The number of hydrogen-bond donors (Lipinski definition) is 1. The fraction of sp³-hybridized carbons (Fsp3) is 0.400. The molecule has 0 saturated heterocycles. The molecule has 0 radical (unpaired) electrons. The maximum atomic E-state index is 12.1. The summed E-state index contributed by atoms with van der Waals surface area (Å²) < 4.78 is 36.2. The Balaban J connectivity index is 2.70. The number of nitrogens with zero attached hydrogens (tertiary/aromatic N) is 2. The molecular formula is C10H10F3N3. The van der Waals surface area contributed by atoms with Gasteiger partial charge in [-0.25, -0.2) is 0 Å². The van der Waals surface area contributed by atoms with Gasteiger partial charge in [-0.3, -0.25) is 4.98 Å². The molecule has 0 bridgehead atoms. The summed E-state index contributed by atoms with van der Waals surface area (Å²) in [6, 6.07) is 2.53. The van der Waals surface area contributed by atoms with Gasteiger partial charge in [0.25, 0.3) is 0 Å². The van der Waals surface area contributed by atoms with Gasteiger partial charge >= 0.3 is 6.18 Å². The molecule has 86 valence electrons. The number of anilines is 1. The summed E-state index contributed by atoms with van der Waals surface area (Å²) in [5.41, 5.74) is 0.603. The summed E-state index contributed by atoms with van der Waals surface area (Å²) in [4.78, 5) is 3.75. The molecule has 1 heterocycles. The van der Waals surface area contributed by atoms with Gasteiger partial charge in [0.05, 0.1) is 23.9 Å². The van der Waals surface area contributed by atoms with Gasteiger partial charge in [0.1, 0.15) is 6.07 Å². The zero-order chi connectivity index (χ0) is 12.2. The fourth-order valence-electron chi connectivity index (χ4n) is 1.27. The highest BCUT2D eigenvalue weighted by Crippen LogP contribution is 2.23. The Kier molecular flexibility index (Phi) is 3.72. The van der Waals surface area contributed by atoms with Crippen LogP contribution < -0.4 is 5.32 Å². The highest BCUT2D eigenvalue weighted by Gasteiger charge is 2.30. The van der Waals surface area contributed by atoms with Crippen molar-refractivity contribution in [2.24, 2.45) is 0 Å².